The molecule has 0 spiro atoms. The number of hydrogen-bond acceptors (Lipinski definition) is 3. The lowest BCUT2D eigenvalue weighted by atomic mass is 10.0. The van der Waals surface area contributed by atoms with Gasteiger partial charge < -0.3 is 4.74 Å². The van der Waals surface area contributed by atoms with Gasteiger partial charge in [-0.2, -0.15) is 0 Å². The van der Waals surface area contributed by atoms with E-state index in [-0.39, 0.29) is 12.1 Å². The number of rotatable bonds is 1. The highest BCUT2D eigenvalue weighted by Crippen LogP contribution is 2.22. The van der Waals surface area contributed by atoms with Crippen LogP contribution in [0.25, 0.3) is 0 Å². The van der Waals surface area contributed by atoms with E-state index < -0.39 is 11.6 Å². The van der Waals surface area contributed by atoms with Gasteiger partial charge in [0, 0.05) is 12.6 Å². The first kappa shape index (κ1) is 8.90. The zero-order chi connectivity index (χ0) is 9.19. The number of esters is 1. The molecule has 3 nitrogen and oxygen atoms in total. The summed E-state index contributed by atoms with van der Waals surface area (Å²) in [6.45, 7) is 1.39. The summed E-state index contributed by atoms with van der Waals surface area (Å²) in [6.07, 6.45) is 2.76. The number of aliphatic imine (C=N–C) groups is 1. The number of halogens is 1. The minimum absolute atomic E-state index is 0.0359. The standard InChI is InChI=1S/C8H10FNO2/c1-8(9)3-4-10-6(5-8)7(11)12-2/h4-5H,3H2,1-2H3. The largest absolute Gasteiger partial charge is 0.464 e. The zero-order valence-electron chi connectivity index (χ0n) is 7.00. The van der Waals surface area contributed by atoms with Crippen LogP contribution in [-0.2, 0) is 9.53 Å². The summed E-state index contributed by atoms with van der Waals surface area (Å²) in [7, 11) is 1.24. The van der Waals surface area contributed by atoms with Gasteiger partial charge in [0.1, 0.15) is 11.4 Å². The Morgan fingerprint density at radius 3 is 3.00 bits per heavy atom. The first-order valence-electron chi connectivity index (χ1n) is 3.58. The average molecular weight is 171 g/mol. The topological polar surface area (TPSA) is 38.7 Å². The fraction of sp³-hybridized carbons (Fsp3) is 0.500. The van der Waals surface area contributed by atoms with Crippen LogP contribution < -0.4 is 0 Å². The summed E-state index contributed by atoms with van der Waals surface area (Å²) in [6, 6.07) is 0. The SMILES string of the molecule is COC(=O)C1=CC(C)(F)CC=N1. The van der Waals surface area contributed by atoms with Crippen LogP contribution in [0.3, 0.4) is 0 Å². The molecule has 0 aromatic heterocycles. The molecule has 12 heavy (non-hydrogen) atoms. The Morgan fingerprint density at radius 2 is 2.50 bits per heavy atom. The van der Waals surface area contributed by atoms with Crippen LogP contribution in [0.4, 0.5) is 4.39 Å². The van der Waals surface area contributed by atoms with Gasteiger partial charge in [-0.25, -0.2) is 9.18 Å². The van der Waals surface area contributed by atoms with Crippen LogP contribution >= 0.6 is 0 Å². The second kappa shape index (κ2) is 3.05. The van der Waals surface area contributed by atoms with Crippen LogP contribution in [0.2, 0.25) is 0 Å². The number of methoxy groups -OCH3 is 1. The third-order valence-electron chi connectivity index (χ3n) is 1.55. The molecule has 0 N–H and O–H groups in total. The van der Waals surface area contributed by atoms with Gasteiger partial charge in [-0.15, -0.1) is 0 Å². The van der Waals surface area contributed by atoms with Crippen LogP contribution in [0, 0.1) is 0 Å². The minimum atomic E-state index is -1.48. The molecule has 1 rings (SSSR count). The summed E-state index contributed by atoms with van der Waals surface area (Å²) < 4.78 is 17.6. The summed E-state index contributed by atoms with van der Waals surface area (Å²) >= 11 is 0. The number of carbonyl (C=O) groups excluding carboxylic acids is 1. The third-order valence-corrected chi connectivity index (χ3v) is 1.55. The van der Waals surface area contributed by atoms with Crippen LogP contribution in [0.5, 0.6) is 0 Å². The van der Waals surface area contributed by atoms with E-state index in [9.17, 15) is 9.18 Å². The molecular weight excluding hydrogens is 161 g/mol. The van der Waals surface area contributed by atoms with Gasteiger partial charge in [-0.3, -0.25) is 4.99 Å². The summed E-state index contributed by atoms with van der Waals surface area (Å²) in [5, 5.41) is 0. The second-order valence-corrected chi connectivity index (χ2v) is 2.82. The Kier molecular flexibility index (Phi) is 2.26. The van der Waals surface area contributed by atoms with Gasteiger partial charge >= 0.3 is 5.97 Å². The van der Waals surface area contributed by atoms with Crippen LogP contribution in [0.1, 0.15) is 13.3 Å². The maximum Gasteiger partial charge on any atom is 0.356 e. The molecule has 1 aliphatic heterocycles. The lowest BCUT2D eigenvalue weighted by Crippen LogP contribution is -2.21. The van der Waals surface area contributed by atoms with Crippen molar-refractivity contribution in [2.45, 2.75) is 19.0 Å². The number of allylic oxidation sites excluding steroid dienone is 1. The highest BCUT2D eigenvalue weighted by molar-refractivity contribution is 5.91. The molecule has 4 heteroatoms. The molecule has 1 heterocycles. The summed E-state index contributed by atoms with van der Waals surface area (Å²) in [4.78, 5) is 14.6. The van der Waals surface area contributed by atoms with E-state index in [2.05, 4.69) is 9.73 Å². The number of carbonyl (C=O) groups is 1. The summed E-state index contributed by atoms with van der Waals surface area (Å²) in [5.74, 6) is -0.602. The number of alkyl halides is 1. The van der Waals surface area contributed by atoms with E-state index >= 15 is 0 Å². The molecule has 0 aliphatic carbocycles. The zero-order valence-corrected chi connectivity index (χ0v) is 7.00. The molecular formula is C8H10FNO2. The van der Waals surface area contributed by atoms with Crippen LogP contribution in [0.15, 0.2) is 16.8 Å². The predicted octanol–water partition coefficient (Wildman–Crippen LogP) is 1.25. The lowest BCUT2D eigenvalue weighted by molar-refractivity contribution is -0.136. The Hall–Kier alpha value is -1.19. The maximum absolute atomic E-state index is 13.2. The quantitative estimate of drug-likeness (QED) is 0.557. The molecule has 1 atom stereocenters. The maximum atomic E-state index is 13.2. The van der Waals surface area contributed by atoms with Crippen molar-refractivity contribution in [3.05, 3.63) is 11.8 Å². The molecule has 1 unspecified atom stereocenters. The van der Waals surface area contributed by atoms with E-state index in [0.29, 0.717) is 0 Å². The lowest BCUT2D eigenvalue weighted by Gasteiger charge is -2.17. The average Bonchev–Trinajstić information content (AvgIpc) is 2.01. The van der Waals surface area contributed by atoms with E-state index in [1.54, 1.807) is 0 Å². The molecule has 0 bridgehead atoms. The number of ether oxygens (including phenoxy) is 1. The van der Waals surface area contributed by atoms with Crippen molar-refractivity contribution >= 4 is 12.2 Å². The normalized spacial score (nSPS) is 28.1. The highest BCUT2D eigenvalue weighted by atomic mass is 19.1. The van der Waals surface area contributed by atoms with Crippen molar-refractivity contribution in [3.8, 4) is 0 Å². The summed E-state index contributed by atoms with van der Waals surface area (Å²) in [5.41, 5.74) is -1.44. The molecule has 0 aromatic carbocycles. The Morgan fingerprint density at radius 1 is 1.83 bits per heavy atom. The third kappa shape index (κ3) is 1.90. The predicted molar refractivity (Wildman–Crippen MR) is 42.7 cm³/mol. The van der Waals surface area contributed by atoms with Crippen molar-refractivity contribution in [1.82, 2.24) is 0 Å². The first-order valence-corrected chi connectivity index (χ1v) is 3.58. The highest BCUT2D eigenvalue weighted by Gasteiger charge is 2.25. The molecule has 0 saturated carbocycles. The molecule has 0 amide bonds. The molecule has 0 fully saturated rings. The van der Waals surface area contributed by atoms with Gasteiger partial charge in [-0.1, -0.05) is 0 Å². The van der Waals surface area contributed by atoms with Gasteiger partial charge in [0.05, 0.1) is 7.11 Å². The second-order valence-electron chi connectivity index (χ2n) is 2.82. The number of nitrogens with zero attached hydrogens (tertiary/aromatic N) is 1. The molecule has 66 valence electrons. The van der Waals surface area contributed by atoms with E-state index in [4.69, 9.17) is 0 Å². The van der Waals surface area contributed by atoms with Gasteiger partial charge in [-0.05, 0) is 13.0 Å². The fourth-order valence-electron chi connectivity index (χ4n) is 0.920. The van der Waals surface area contributed by atoms with Crippen molar-refractivity contribution in [1.29, 1.82) is 0 Å². The molecule has 0 saturated heterocycles. The van der Waals surface area contributed by atoms with Crippen molar-refractivity contribution in [3.63, 3.8) is 0 Å². The molecule has 1 aliphatic rings. The minimum Gasteiger partial charge on any atom is -0.464 e. The first-order chi connectivity index (χ1) is 5.55. The number of hydrogen-bond donors (Lipinski definition) is 0. The molecule has 0 radical (unpaired) electrons. The Balaban J connectivity index is 2.84. The van der Waals surface area contributed by atoms with Gasteiger partial charge in [0.2, 0.25) is 0 Å². The monoisotopic (exact) mass is 171 g/mol. The Bertz CT molecular complexity index is 256. The van der Waals surface area contributed by atoms with Crippen molar-refractivity contribution in [2.75, 3.05) is 7.11 Å². The van der Waals surface area contributed by atoms with E-state index in [1.807, 2.05) is 0 Å². The van der Waals surface area contributed by atoms with E-state index in [1.165, 1.54) is 26.3 Å². The van der Waals surface area contributed by atoms with E-state index in [0.717, 1.165) is 0 Å². The Labute approximate surface area is 69.9 Å². The van der Waals surface area contributed by atoms with Gasteiger partial charge in [0.25, 0.3) is 0 Å². The smallest absolute Gasteiger partial charge is 0.356 e. The fourth-order valence-corrected chi connectivity index (χ4v) is 0.920. The van der Waals surface area contributed by atoms with Crippen molar-refractivity contribution < 1.29 is 13.9 Å². The van der Waals surface area contributed by atoms with Gasteiger partial charge in [0.15, 0.2) is 0 Å². The van der Waals surface area contributed by atoms with Crippen LogP contribution in [-0.4, -0.2) is 25.0 Å². The van der Waals surface area contributed by atoms with Crippen molar-refractivity contribution in [2.24, 2.45) is 4.99 Å². The molecule has 0 aromatic rings.